The maximum Gasteiger partial charge on any atom is 0.305 e. The van der Waals surface area contributed by atoms with Gasteiger partial charge in [-0.05, 0) is 26.2 Å². The zero-order chi connectivity index (χ0) is 14.3. The molecule has 0 N–H and O–H groups in total. The number of hydrogen-bond donors (Lipinski definition) is 0. The van der Waals surface area contributed by atoms with E-state index in [1.54, 1.807) is 0 Å². The van der Waals surface area contributed by atoms with Gasteiger partial charge in [-0.2, -0.15) is 0 Å². The van der Waals surface area contributed by atoms with E-state index in [2.05, 4.69) is 0 Å². The lowest BCUT2D eigenvalue weighted by molar-refractivity contribution is -0.305. The van der Waals surface area contributed by atoms with E-state index in [1.165, 1.54) is 25.7 Å². The van der Waals surface area contributed by atoms with Crippen molar-refractivity contribution in [3.63, 3.8) is 0 Å². The van der Waals surface area contributed by atoms with Gasteiger partial charge < -0.3 is 14.6 Å². The lowest BCUT2D eigenvalue weighted by Gasteiger charge is -2.03. The van der Waals surface area contributed by atoms with E-state index >= 15 is 0 Å². The molecule has 0 spiro atoms. The van der Waals surface area contributed by atoms with Gasteiger partial charge in [0.05, 0.1) is 6.61 Å². The van der Waals surface area contributed by atoms with Gasteiger partial charge in [0.1, 0.15) is 0 Å². The van der Waals surface area contributed by atoms with Crippen molar-refractivity contribution in [1.29, 1.82) is 0 Å². The number of carbonyl (C=O) groups is 2. The molecule has 0 saturated heterocycles. The van der Waals surface area contributed by atoms with E-state index in [0.717, 1.165) is 32.1 Å². The van der Waals surface area contributed by atoms with Crippen molar-refractivity contribution in [3.05, 3.63) is 0 Å². The lowest BCUT2D eigenvalue weighted by atomic mass is 10.1. The SMILES string of the molecule is CCOC(=O)CCCCCCCCCCCC(=O)[O-]. The zero-order valence-electron chi connectivity index (χ0n) is 12.1. The van der Waals surface area contributed by atoms with Crippen LogP contribution in [0.3, 0.4) is 0 Å². The first-order chi connectivity index (χ1) is 9.16. The second-order valence-electron chi connectivity index (χ2n) is 4.86. The minimum atomic E-state index is -0.943. The highest BCUT2D eigenvalue weighted by Gasteiger charge is 2.00. The van der Waals surface area contributed by atoms with Crippen molar-refractivity contribution in [1.82, 2.24) is 0 Å². The van der Waals surface area contributed by atoms with Gasteiger partial charge in [-0.15, -0.1) is 0 Å². The van der Waals surface area contributed by atoms with E-state index in [4.69, 9.17) is 4.74 Å². The van der Waals surface area contributed by atoms with Crippen LogP contribution in [0.4, 0.5) is 0 Å². The topological polar surface area (TPSA) is 66.4 Å². The predicted octanol–water partition coefficient (Wildman–Crippen LogP) is 2.59. The number of carbonyl (C=O) groups excluding carboxylic acids is 2. The number of carboxylic acids is 1. The molecule has 0 heterocycles. The van der Waals surface area contributed by atoms with Crippen molar-refractivity contribution < 1.29 is 19.4 Å². The smallest absolute Gasteiger partial charge is 0.305 e. The van der Waals surface area contributed by atoms with Crippen molar-refractivity contribution in [2.24, 2.45) is 0 Å². The number of unbranched alkanes of at least 4 members (excludes halogenated alkanes) is 8. The number of hydrogen-bond acceptors (Lipinski definition) is 4. The fourth-order valence-electron chi connectivity index (χ4n) is 2.01. The van der Waals surface area contributed by atoms with Gasteiger partial charge in [0.25, 0.3) is 0 Å². The Morgan fingerprint density at radius 2 is 1.21 bits per heavy atom. The standard InChI is InChI=1S/C15H28O4/c1-2-19-15(18)13-11-9-7-5-3-4-6-8-10-12-14(16)17/h2-13H2,1H3,(H,16,17)/p-1. The Kier molecular flexibility index (Phi) is 12.6. The Labute approximate surface area is 116 Å². The van der Waals surface area contributed by atoms with Crippen LogP contribution in [0.5, 0.6) is 0 Å². The third-order valence-corrected chi connectivity index (χ3v) is 3.07. The summed E-state index contributed by atoms with van der Waals surface area (Å²) in [6.07, 6.45) is 10.3. The first-order valence-corrected chi connectivity index (χ1v) is 7.52. The molecule has 0 aromatic rings. The number of carboxylic acid groups (broad SMARTS) is 1. The Morgan fingerprint density at radius 3 is 1.63 bits per heavy atom. The molecular formula is C15H27O4-. The van der Waals surface area contributed by atoms with E-state index < -0.39 is 5.97 Å². The molecule has 0 aliphatic heterocycles. The molecule has 112 valence electrons. The first-order valence-electron chi connectivity index (χ1n) is 7.52. The van der Waals surface area contributed by atoms with Crippen LogP contribution >= 0.6 is 0 Å². The van der Waals surface area contributed by atoms with Crippen LogP contribution in [0.25, 0.3) is 0 Å². The van der Waals surface area contributed by atoms with Crippen LogP contribution in [0.15, 0.2) is 0 Å². The summed E-state index contributed by atoms with van der Waals surface area (Å²) in [4.78, 5) is 21.2. The summed E-state index contributed by atoms with van der Waals surface area (Å²) in [7, 11) is 0. The molecule has 0 rings (SSSR count). The average molecular weight is 271 g/mol. The van der Waals surface area contributed by atoms with Crippen LogP contribution in [-0.4, -0.2) is 18.5 Å². The summed E-state index contributed by atoms with van der Waals surface area (Å²) in [6, 6.07) is 0. The quantitative estimate of drug-likeness (QED) is 0.381. The van der Waals surface area contributed by atoms with Gasteiger partial charge in [0, 0.05) is 12.4 Å². The molecule has 4 nitrogen and oxygen atoms in total. The third-order valence-electron chi connectivity index (χ3n) is 3.07. The van der Waals surface area contributed by atoms with E-state index in [0.29, 0.717) is 13.0 Å². The van der Waals surface area contributed by atoms with Gasteiger partial charge in [-0.25, -0.2) is 0 Å². The maximum atomic E-state index is 11.1. The summed E-state index contributed by atoms with van der Waals surface area (Å²) >= 11 is 0. The number of aliphatic carboxylic acids is 1. The van der Waals surface area contributed by atoms with Crippen LogP contribution in [0.2, 0.25) is 0 Å². The molecule has 0 amide bonds. The zero-order valence-corrected chi connectivity index (χ0v) is 12.1. The molecule has 0 bridgehead atoms. The van der Waals surface area contributed by atoms with Crippen LogP contribution in [0.1, 0.15) is 77.6 Å². The van der Waals surface area contributed by atoms with Gasteiger partial charge in [0.2, 0.25) is 0 Å². The monoisotopic (exact) mass is 271 g/mol. The predicted molar refractivity (Wildman–Crippen MR) is 72.4 cm³/mol. The van der Waals surface area contributed by atoms with Crippen LogP contribution in [-0.2, 0) is 14.3 Å². The number of esters is 1. The molecule has 0 saturated carbocycles. The minimum Gasteiger partial charge on any atom is -0.550 e. The summed E-state index contributed by atoms with van der Waals surface area (Å²) in [5, 5.41) is 10.2. The van der Waals surface area contributed by atoms with Crippen molar-refractivity contribution in [3.8, 4) is 0 Å². The summed E-state index contributed by atoms with van der Waals surface area (Å²) < 4.78 is 4.86. The van der Waals surface area contributed by atoms with Crippen molar-refractivity contribution >= 4 is 11.9 Å². The molecule has 0 aliphatic rings. The molecule has 4 heteroatoms. The average Bonchev–Trinajstić information content (AvgIpc) is 2.36. The summed E-state index contributed by atoms with van der Waals surface area (Å²) in [6.45, 7) is 2.29. The van der Waals surface area contributed by atoms with Crippen LogP contribution in [0, 0.1) is 0 Å². The number of ether oxygens (including phenoxy) is 1. The van der Waals surface area contributed by atoms with Gasteiger partial charge in [-0.1, -0.05) is 44.9 Å². The molecule has 0 fully saturated rings. The first kappa shape index (κ1) is 17.9. The van der Waals surface area contributed by atoms with E-state index in [1.807, 2.05) is 6.92 Å². The molecular weight excluding hydrogens is 244 g/mol. The Bertz CT molecular complexity index is 238. The lowest BCUT2D eigenvalue weighted by Crippen LogP contribution is -2.21. The molecule has 0 aliphatic carbocycles. The maximum absolute atomic E-state index is 11.1. The van der Waals surface area contributed by atoms with E-state index in [-0.39, 0.29) is 12.4 Å². The minimum absolute atomic E-state index is 0.0876. The normalized spacial score (nSPS) is 10.4. The second kappa shape index (κ2) is 13.4. The highest BCUT2D eigenvalue weighted by atomic mass is 16.5. The van der Waals surface area contributed by atoms with Crippen molar-refractivity contribution in [2.75, 3.05) is 6.61 Å². The number of rotatable bonds is 13. The van der Waals surface area contributed by atoms with Gasteiger partial charge >= 0.3 is 5.97 Å². The Morgan fingerprint density at radius 1 is 0.789 bits per heavy atom. The fraction of sp³-hybridized carbons (Fsp3) is 0.867. The van der Waals surface area contributed by atoms with Gasteiger partial charge in [-0.3, -0.25) is 4.79 Å². The summed E-state index contributed by atoms with van der Waals surface area (Å²) in [5.41, 5.74) is 0. The Hall–Kier alpha value is -1.06. The molecule has 0 aromatic heterocycles. The van der Waals surface area contributed by atoms with Crippen molar-refractivity contribution in [2.45, 2.75) is 77.6 Å². The fourth-order valence-corrected chi connectivity index (χ4v) is 2.01. The van der Waals surface area contributed by atoms with Gasteiger partial charge in [0.15, 0.2) is 0 Å². The second-order valence-corrected chi connectivity index (χ2v) is 4.86. The molecule has 19 heavy (non-hydrogen) atoms. The Balaban J connectivity index is 3.06. The molecule has 0 aromatic carbocycles. The highest BCUT2D eigenvalue weighted by Crippen LogP contribution is 2.11. The molecule has 0 atom stereocenters. The largest absolute Gasteiger partial charge is 0.550 e. The summed E-state index contributed by atoms with van der Waals surface area (Å²) in [5.74, 6) is -1.03. The molecule has 0 radical (unpaired) electrons. The highest BCUT2D eigenvalue weighted by molar-refractivity contribution is 5.69. The third kappa shape index (κ3) is 14.9. The van der Waals surface area contributed by atoms with Crippen LogP contribution < -0.4 is 5.11 Å². The van der Waals surface area contributed by atoms with E-state index in [9.17, 15) is 14.7 Å². The molecule has 0 unspecified atom stereocenters.